The van der Waals surface area contributed by atoms with Crippen molar-refractivity contribution in [1.29, 1.82) is 0 Å². The maximum atomic E-state index is 11.3. The summed E-state index contributed by atoms with van der Waals surface area (Å²) in [6, 6.07) is 1.84. The molecule has 0 saturated heterocycles. The van der Waals surface area contributed by atoms with Gasteiger partial charge in [-0.25, -0.2) is 0 Å². The van der Waals surface area contributed by atoms with Gasteiger partial charge in [-0.15, -0.1) is 0 Å². The lowest BCUT2D eigenvalue weighted by Gasteiger charge is -2.13. The van der Waals surface area contributed by atoms with E-state index in [1.165, 1.54) is 0 Å². The van der Waals surface area contributed by atoms with Gasteiger partial charge in [0.15, 0.2) is 0 Å². The van der Waals surface area contributed by atoms with Crippen LogP contribution in [0.3, 0.4) is 0 Å². The fourth-order valence-corrected chi connectivity index (χ4v) is 2.37. The van der Waals surface area contributed by atoms with Gasteiger partial charge in [-0.3, -0.25) is 9.59 Å². The number of benzene rings is 1. The van der Waals surface area contributed by atoms with Gasteiger partial charge in [-0.2, -0.15) is 0 Å². The lowest BCUT2D eigenvalue weighted by Crippen LogP contribution is -2.29. The summed E-state index contributed by atoms with van der Waals surface area (Å²) in [6.45, 7) is 3.79. The summed E-state index contributed by atoms with van der Waals surface area (Å²) in [5.74, 6) is -0.681. The lowest BCUT2D eigenvalue weighted by atomic mass is 10.1. The Bertz CT molecular complexity index is 548. The van der Waals surface area contributed by atoms with Crippen molar-refractivity contribution in [3.05, 3.63) is 26.7 Å². The predicted molar refractivity (Wildman–Crippen MR) is 84.0 cm³/mol. The van der Waals surface area contributed by atoms with E-state index >= 15 is 0 Å². The van der Waals surface area contributed by atoms with E-state index in [1.54, 1.807) is 0 Å². The first-order valence-corrected chi connectivity index (χ1v) is 7.56. The van der Waals surface area contributed by atoms with Crippen LogP contribution in [0.1, 0.15) is 24.0 Å². The molecule has 0 bridgehead atoms. The Morgan fingerprint density at radius 3 is 2.71 bits per heavy atom. The van der Waals surface area contributed by atoms with Crippen LogP contribution in [0.15, 0.2) is 10.5 Å². The smallest absolute Gasteiger partial charge is 0.322 e. The highest BCUT2D eigenvalue weighted by Crippen LogP contribution is 2.35. The van der Waals surface area contributed by atoms with Gasteiger partial charge < -0.3 is 15.2 Å². The molecule has 0 aliphatic heterocycles. The zero-order valence-electron chi connectivity index (χ0n) is 11.8. The molecule has 0 fully saturated rings. The highest BCUT2D eigenvalue weighted by molar-refractivity contribution is 9.10. The van der Waals surface area contributed by atoms with Gasteiger partial charge in [0.05, 0.1) is 11.1 Å². The minimum absolute atomic E-state index is 0.219. The molecule has 5 nitrogen and oxygen atoms in total. The van der Waals surface area contributed by atoms with Gasteiger partial charge in [0.25, 0.3) is 0 Å². The first-order chi connectivity index (χ1) is 9.82. The van der Waals surface area contributed by atoms with Crippen LogP contribution in [0, 0.1) is 13.8 Å². The fraction of sp³-hybridized carbons (Fsp3) is 0.429. The molecule has 0 heterocycles. The number of aryl methyl sites for hydroxylation is 1. The number of carbonyl (C=O) groups is 2. The molecule has 0 radical (unpaired) electrons. The average molecular weight is 379 g/mol. The standard InChI is InChI=1S/C14H17BrClNO4/c1-8-6-10(13(15)9(2)14(8)16)21-5-3-4-11(18)17-7-12(19)20/h6H,3-5,7H2,1-2H3,(H,17,18)(H,19,20). The topological polar surface area (TPSA) is 75.6 Å². The van der Waals surface area contributed by atoms with E-state index in [1.807, 2.05) is 19.9 Å². The molecule has 1 rings (SSSR count). The number of carbonyl (C=O) groups excluding carboxylic acids is 1. The Kier molecular flexibility index (Phi) is 6.98. The Morgan fingerprint density at radius 2 is 2.10 bits per heavy atom. The van der Waals surface area contributed by atoms with Crippen molar-refractivity contribution in [2.24, 2.45) is 0 Å². The molecule has 21 heavy (non-hydrogen) atoms. The van der Waals surface area contributed by atoms with Crippen LogP contribution in [0.4, 0.5) is 0 Å². The Morgan fingerprint density at radius 1 is 1.43 bits per heavy atom. The SMILES string of the molecule is Cc1cc(OCCCC(=O)NCC(=O)O)c(Br)c(C)c1Cl. The number of aliphatic carboxylic acids is 1. The maximum absolute atomic E-state index is 11.3. The van der Waals surface area contributed by atoms with E-state index in [2.05, 4.69) is 21.2 Å². The number of rotatable bonds is 7. The number of hydrogen-bond acceptors (Lipinski definition) is 3. The quantitative estimate of drug-likeness (QED) is 0.715. The van der Waals surface area contributed by atoms with Crippen LogP contribution < -0.4 is 10.1 Å². The molecule has 0 spiro atoms. The second-order valence-corrected chi connectivity index (χ2v) is 5.74. The van der Waals surface area contributed by atoms with Crippen molar-refractivity contribution in [3.8, 4) is 5.75 Å². The molecule has 0 saturated carbocycles. The third-order valence-electron chi connectivity index (χ3n) is 2.81. The highest BCUT2D eigenvalue weighted by atomic mass is 79.9. The van der Waals surface area contributed by atoms with E-state index in [4.69, 9.17) is 21.4 Å². The molecule has 0 atom stereocenters. The first-order valence-electron chi connectivity index (χ1n) is 6.39. The molecular weight excluding hydrogens is 362 g/mol. The molecule has 1 amide bonds. The van der Waals surface area contributed by atoms with E-state index in [0.717, 1.165) is 15.6 Å². The summed E-state index contributed by atoms with van der Waals surface area (Å²) < 4.78 is 6.43. The Balaban J connectivity index is 2.43. The number of ether oxygens (including phenoxy) is 1. The van der Waals surface area contributed by atoms with Gasteiger partial charge in [0.2, 0.25) is 5.91 Å². The predicted octanol–water partition coefficient (Wildman–Crippen LogP) is 3.08. The van der Waals surface area contributed by atoms with Gasteiger partial charge in [0, 0.05) is 11.4 Å². The summed E-state index contributed by atoms with van der Waals surface area (Å²) in [6.07, 6.45) is 0.717. The molecule has 1 aromatic rings. The number of carboxylic acid groups (broad SMARTS) is 1. The number of carboxylic acids is 1. The van der Waals surface area contributed by atoms with Crippen molar-refractivity contribution in [1.82, 2.24) is 5.32 Å². The van der Waals surface area contributed by atoms with Gasteiger partial charge in [0.1, 0.15) is 12.3 Å². The van der Waals surface area contributed by atoms with Crippen molar-refractivity contribution in [2.75, 3.05) is 13.2 Å². The number of halogens is 2. The largest absolute Gasteiger partial charge is 0.492 e. The summed E-state index contributed by atoms with van der Waals surface area (Å²) in [4.78, 5) is 21.6. The highest BCUT2D eigenvalue weighted by Gasteiger charge is 2.11. The Labute approximate surface area is 136 Å². The third-order valence-corrected chi connectivity index (χ3v) is 4.38. The summed E-state index contributed by atoms with van der Waals surface area (Å²) in [5, 5.41) is 11.4. The van der Waals surface area contributed by atoms with Gasteiger partial charge in [-0.05, 0) is 53.4 Å². The van der Waals surface area contributed by atoms with E-state index in [9.17, 15) is 9.59 Å². The molecule has 116 valence electrons. The summed E-state index contributed by atoms with van der Waals surface area (Å²) in [5.41, 5.74) is 1.83. The molecule has 7 heteroatoms. The second-order valence-electron chi connectivity index (χ2n) is 4.57. The molecule has 2 N–H and O–H groups in total. The molecule has 0 aliphatic carbocycles. The molecular formula is C14H17BrClNO4. The number of hydrogen-bond donors (Lipinski definition) is 2. The first kappa shape index (κ1) is 17.8. The van der Waals surface area contributed by atoms with Crippen molar-refractivity contribution >= 4 is 39.4 Å². The average Bonchev–Trinajstić information content (AvgIpc) is 2.44. The van der Waals surface area contributed by atoms with Crippen LogP contribution in [0.2, 0.25) is 5.02 Å². The monoisotopic (exact) mass is 377 g/mol. The lowest BCUT2D eigenvalue weighted by molar-refractivity contribution is -0.137. The van der Waals surface area contributed by atoms with Crippen LogP contribution in [-0.4, -0.2) is 30.1 Å². The van der Waals surface area contributed by atoms with Crippen LogP contribution in [-0.2, 0) is 9.59 Å². The third kappa shape index (κ3) is 5.55. The summed E-state index contributed by atoms with van der Waals surface area (Å²) in [7, 11) is 0. The molecule has 0 unspecified atom stereocenters. The maximum Gasteiger partial charge on any atom is 0.322 e. The summed E-state index contributed by atoms with van der Waals surface area (Å²) >= 11 is 9.56. The van der Waals surface area contributed by atoms with E-state index < -0.39 is 5.97 Å². The van der Waals surface area contributed by atoms with Gasteiger partial charge in [-0.1, -0.05) is 11.6 Å². The second kappa shape index (κ2) is 8.24. The zero-order chi connectivity index (χ0) is 16.0. The normalized spacial score (nSPS) is 10.3. The minimum Gasteiger partial charge on any atom is -0.492 e. The van der Waals surface area contributed by atoms with Crippen LogP contribution in [0.5, 0.6) is 5.75 Å². The zero-order valence-corrected chi connectivity index (χ0v) is 14.2. The molecule has 0 aromatic heterocycles. The van der Waals surface area contributed by atoms with E-state index in [0.29, 0.717) is 23.8 Å². The van der Waals surface area contributed by atoms with Crippen molar-refractivity contribution < 1.29 is 19.4 Å². The molecule has 1 aromatic carbocycles. The fourth-order valence-electron chi connectivity index (χ4n) is 1.68. The van der Waals surface area contributed by atoms with Crippen LogP contribution in [0.25, 0.3) is 0 Å². The number of nitrogens with one attached hydrogen (secondary N) is 1. The van der Waals surface area contributed by atoms with Crippen molar-refractivity contribution in [3.63, 3.8) is 0 Å². The molecule has 0 aliphatic rings. The van der Waals surface area contributed by atoms with E-state index in [-0.39, 0.29) is 18.9 Å². The number of amides is 1. The van der Waals surface area contributed by atoms with Crippen molar-refractivity contribution in [2.45, 2.75) is 26.7 Å². The minimum atomic E-state index is -1.06. The van der Waals surface area contributed by atoms with Gasteiger partial charge >= 0.3 is 5.97 Å². The van der Waals surface area contributed by atoms with Crippen LogP contribution >= 0.6 is 27.5 Å². The Hall–Kier alpha value is -1.27.